The van der Waals surface area contributed by atoms with E-state index in [4.69, 9.17) is 4.98 Å². The molecule has 0 fully saturated rings. The van der Waals surface area contributed by atoms with Crippen LogP contribution in [0, 0.1) is 0 Å². The third-order valence-electron chi connectivity index (χ3n) is 8.21. The molecule has 7 aromatic rings. The second-order valence-corrected chi connectivity index (χ2v) is 9.97. The summed E-state index contributed by atoms with van der Waals surface area (Å²) < 4.78 is 2.39. The van der Waals surface area contributed by atoms with E-state index < -0.39 is 0 Å². The lowest BCUT2D eigenvalue weighted by Crippen LogP contribution is -1.96. The lowest BCUT2D eigenvalue weighted by Gasteiger charge is -2.15. The summed E-state index contributed by atoms with van der Waals surface area (Å²) in [6, 6.07) is 35.8. The van der Waals surface area contributed by atoms with Gasteiger partial charge in [-0.3, -0.25) is 4.40 Å². The predicted molar refractivity (Wildman–Crippen MR) is 144 cm³/mol. The van der Waals surface area contributed by atoms with Crippen LogP contribution in [-0.4, -0.2) is 9.38 Å². The van der Waals surface area contributed by atoms with E-state index in [1.54, 1.807) is 0 Å². The molecule has 0 saturated heterocycles. The molecule has 2 heterocycles. The number of imidazole rings is 1. The quantitative estimate of drug-likeness (QED) is 0.217. The molecule has 2 heteroatoms. The minimum atomic E-state index is 0.980. The van der Waals surface area contributed by atoms with Crippen molar-refractivity contribution in [1.29, 1.82) is 0 Å². The van der Waals surface area contributed by atoms with Gasteiger partial charge in [0.15, 0.2) is 0 Å². The van der Waals surface area contributed by atoms with Crippen LogP contribution in [0.2, 0.25) is 0 Å². The zero-order valence-corrected chi connectivity index (χ0v) is 19.0. The number of hydrogen-bond donors (Lipinski definition) is 0. The van der Waals surface area contributed by atoms with E-state index in [2.05, 4.69) is 101 Å². The molecule has 5 aromatic carbocycles. The Balaban J connectivity index is 1.52. The van der Waals surface area contributed by atoms with E-state index in [0.29, 0.717) is 0 Å². The van der Waals surface area contributed by atoms with Crippen LogP contribution < -0.4 is 0 Å². The standard InChI is InChI=1S/C33H20N2/c1-4-10-23-19(7-1)15-21-17-27-28(18-25(21)23)33-34-29-11-5-6-12-30(29)35(33)31-14-13-24-22-9-3-2-8-20(22)16-26(24)32(27)31/h1-14,17-18H,15-16H2. The van der Waals surface area contributed by atoms with Gasteiger partial charge in [0, 0.05) is 10.8 Å². The van der Waals surface area contributed by atoms with Crippen molar-refractivity contribution in [3.8, 4) is 22.3 Å². The second-order valence-electron chi connectivity index (χ2n) is 9.97. The molecule has 0 aliphatic heterocycles. The Morgan fingerprint density at radius 1 is 0.543 bits per heavy atom. The molecule has 2 aliphatic carbocycles. The fourth-order valence-electron chi connectivity index (χ4n) is 6.71. The maximum absolute atomic E-state index is 5.17. The van der Waals surface area contributed by atoms with Crippen molar-refractivity contribution in [2.24, 2.45) is 0 Å². The second kappa shape index (κ2) is 6.17. The van der Waals surface area contributed by atoms with Crippen LogP contribution in [0.5, 0.6) is 0 Å². The van der Waals surface area contributed by atoms with Crippen LogP contribution in [0.25, 0.3) is 60.6 Å². The lowest BCUT2D eigenvalue weighted by atomic mass is 9.94. The Bertz CT molecular complexity index is 2060. The van der Waals surface area contributed by atoms with Crippen LogP contribution >= 0.6 is 0 Å². The van der Waals surface area contributed by atoms with Crippen LogP contribution in [0.15, 0.2) is 97.1 Å². The number of fused-ring (bicyclic) bond motifs is 15. The van der Waals surface area contributed by atoms with Gasteiger partial charge in [0.05, 0.1) is 16.6 Å². The Kier molecular flexibility index (Phi) is 3.16. The third kappa shape index (κ3) is 2.18. The molecule has 0 radical (unpaired) electrons. The van der Waals surface area contributed by atoms with Crippen LogP contribution in [0.3, 0.4) is 0 Å². The fraction of sp³-hybridized carbons (Fsp3) is 0.0606. The SMILES string of the molecule is c1ccc2c(c1)Cc1cc3c(cc1-2)c1nc2ccccc2n1c1ccc2c(c31)Cc1ccccc1-2. The van der Waals surface area contributed by atoms with E-state index in [1.165, 1.54) is 71.7 Å². The van der Waals surface area contributed by atoms with Gasteiger partial charge in [0.2, 0.25) is 0 Å². The summed E-state index contributed by atoms with van der Waals surface area (Å²) in [4.78, 5) is 5.17. The number of aromatic nitrogens is 2. The number of rotatable bonds is 0. The van der Waals surface area contributed by atoms with Crippen molar-refractivity contribution in [3.05, 3.63) is 119 Å². The van der Waals surface area contributed by atoms with E-state index in [-0.39, 0.29) is 0 Å². The van der Waals surface area contributed by atoms with Crippen molar-refractivity contribution >= 4 is 38.4 Å². The normalized spacial score (nSPS) is 13.5. The number of nitrogens with zero attached hydrogens (tertiary/aromatic N) is 2. The van der Waals surface area contributed by atoms with E-state index >= 15 is 0 Å². The highest BCUT2D eigenvalue weighted by atomic mass is 15.0. The fourth-order valence-corrected chi connectivity index (χ4v) is 6.71. The summed E-state index contributed by atoms with van der Waals surface area (Å²) in [5, 5.41) is 3.95. The van der Waals surface area contributed by atoms with Crippen LogP contribution in [-0.2, 0) is 12.8 Å². The molecule has 2 aliphatic rings. The Morgan fingerprint density at radius 2 is 1.29 bits per heavy atom. The minimum Gasteiger partial charge on any atom is -0.292 e. The van der Waals surface area contributed by atoms with Gasteiger partial charge in [-0.05, 0) is 93.1 Å². The summed E-state index contributed by atoms with van der Waals surface area (Å²) in [6.07, 6.45) is 1.98. The molecule has 9 rings (SSSR count). The molecule has 0 saturated carbocycles. The number of para-hydroxylation sites is 2. The molecule has 0 N–H and O–H groups in total. The van der Waals surface area contributed by atoms with Gasteiger partial charge < -0.3 is 0 Å². The Hall–Kier alpha value is -4.43. The van der Waals surface area contributed by atoms with Crippen molar-refractivity contribution < 1.29 is 0 Å². The smallest absolute Gasteiger partial charge is 0.146 e. The molecule has 0 atom stereocenters. The van der Waals surface area contributed by atoms with Gasteiger partial charge in [-0.15, -0.1) is 0 Å². The van der Waals surface area contributed by atoms with Gasteiger partial charge in [0.25, 0.3) is 0 Å². The van der Waals surface area contributed by atoms with Crippen molar-refractivity contribution in [2.45, 2.75) is 12.8 Å². The molecule has 162 valence electrons. The van der Waals surface area contributed by atoms with E-state index in [0.717, 1.165) is 24.0 Å². The zero-order valence-electron chi connectivity index (χ0n) is 19.0. The van der Waals surface area contributed by atoms with E-state index in [1.807, 2.05) is 0 Å². The van der Waals surface area contributed by atoms with Gasteiger partial charge >= 0.3 is 0 Å². The zero-order chi connectivity index (χ0) is 22.7. The Morgan fingerprint density at radius 3 is 2.17 bits per heavy atom. The number of hydrogen-bond acceptors (Lipinski definition) is 1. The average Bonchev–Trinajstić information content (AvgIpc) is 3.58. The molecule has 0 bridgehead atoms. The first-order chi connectivity index (χ1) is 17.3. The first-order valence-corrected chi connectivity index (χ1v) is 12.3. The molecule has 0 spiro atoms. The molecule has 35 heavy (non-hydrogen) atoms. The highest BCUT2D eigenvalue weighted by Crippen LogP contribution is 2.46. The lowest BCUT2D eigenvalue weighted by molar-refractivity contribution is 1.26. The maximum Gasteiger partial charge on any atom is 0.146 e. The van der Waals surface area contributed by atoms with Crippen molar-refractivity contribution in [3.63, 3.8) is 0 Å². The summed E-state index contributed by atoms with van der Waals surface area (Å²) in [5.41, 5.74) is 15.7. The average molecular weight is 445 g/mol. The molecular formula is C33H20N2. The first kappa shape index (κ1) is 18.0. The highest BCUT2D eigenvalue weighted by molar-refractivity contribution is 6.18. The van der Waals surface area contributed by atoms with Gasteiger partial charge in [-0.2, -0.15) is 0 Å². The van der Waals surface area contributed by atoms with Gasteiger partial charge in [-0.1, -0.05) is 66.7 Å². The Labute approximate surface area is 202 Å². The summed E-state index contributed by atoms with van der Waals surface area (Å²) in [5.74, 6) is 0. The number of benzene rings is 5. The molecule has 2 nitrogen and oxygen atoms in total. The molecular weight excluding hydrogens is 424 g/mol. The summed E-state index contributed by atoms with van der Waals surface area (Å²) in [7, 11) is 0. The summed E-state index contributed by atoms with van der Waals surface area (Å²) in [6.45, 7) is 0. The third-order valence-corrected chi connectivity index (χ3v) is 8.21. The highest BCUT2D eigenvalue weighted by Gasteiger charge is 2.26. The minimum absolute atomic E-state index is 0.980. The summed E-state index contributed by atoms with van der Waals surface area (Å²) >= 11 is 0. The van der Waals surface area contributed by atoms with Crippen molar-refractivity contribution in [1.82, 2.24) is 9.38 Å². The van der Waals surface area contributed by atoms with Crippen molar-refractivity contribution in [2.75, 3.05) is 0 Å². The monoisotopic (exact) mass is 444 g/mol. The topological polar surface area (TPSA) is 17.3 Å². The van der Waals surface area contributed by atoms with Gasteiger partial charge in [-0.25, -0.2) is 4.98 Å². The molecule has 0 unspecified atom stereocenters. The van der Waals surface area contributed by atoms with E-state index in [9.17, 15) is 0 Å². The number of pyridine rings is 1. The molecule has 2 aromatic heterocycles. The van der Waals surface area contributed by atoms with Crippen LogP contribution in [0.4, 0.5) is 0 Å². The maximum atomic E-state index is 5.17. The predicted octanol–water partition coefficient (Wildman–Crippen LogP) is 7.94. The first-order valence-electron chi connectivity index (χ1n) is 12.3. The van der Waals surface area contributed by atoms with Gasteiger partial charge in [0.1, 0.15) is 5.65 Å². The largest absolute Gasteiger partial charge is 0.292 e. The molecule has 0 amide bonds. The van der Waals surface area contributed by atoms with Crippen LogP contribution in [0.1, 0.15) is 22.3 Å².